The summed E-state index contributed by atoms with van der Waals surface area (Å²) in [6.07, 6.45) is 2.84. The zero-order chi connectivity index (χ0) is 19.0. The summed E-state index contributed by atoms with van der Waals surface area (Å²) in [6, 6.07) is 11.8. The van der Waals surface area contributed by atoms with Crippen LogP contribution in [0.15, 0.2) is 60.9 Å². The molecule has 138 valence electrons. The Morgan fingerprint density at radius 3 is 2.85 bits per heavy atom. The molecule has 7 nitrogen and oxygen atoms in total. The van der Waals surface area contributed by atoms with Crippen LogP contribution in [0.1, 0.15) is 5.56 Å². The summed E-state index contributed by atoms with van der Waals surface area (Å²) in [5.41, 5.74) is 1.11. The minimum absolute atomic E-state index is 0.128. The second kappa shape index (κ2) is 6.81. The molecule has 0 radical (unpaired) electrons. The Bertz CT molecular complexity index is 1000. The number of hydrogen-bond donors (Lipinski definition) is 1. The van der Waals surface area contributed by atoms with Crippen molar-refractivity contribution in [2.75, 3.05) is 4.67 Å². The topological polar surface area (TPSA) is 82.5 Å². The number of anilines is 1. The van der Waals surface area contributed by atoms with E-state index in [4.69, 9.17) is 16.1 Å². The van der Waals surface area contributed by atoms with E-state index in [1.54, 1.807) is 18.2 Å². The number of aromatic nitrogens is 2. The van der Waals surface area contributed by atoms with Crippen molar-refractivity contribution in [3.05, 3.63) is 77.3 Å². The Balaban J connectivity index is 1.75. The summed E-state index contributed by atoms with van der Waals surface area (Å²) in [6.45, 7) is 0.175. The fourth-order valence-electron chi connectivity index (χ4n) is 2.69. The highest BCUT2D eigenvalue weighted by atomic mass is 35.5. The maximum Gasteiger partial charge on any atom is 0.378 e. The van der Waals surface area contributed by atoms with Crippen LogP contribution in [0.4, 0.5) is 14.9 Å². The van der Waals surface area contributed by atoms with Crippen molar-refractivity contribution in [2.24, 2.45) is 0 Å². The first-order valence-electron chi connectivity index (χ1n) is 7.89. The van der Waals surface area contributed by atoms with Gasteiger partial charge in [0.05, 0.1) is 17.3 Å². The SMILES string of the molecule is O=C(N[P+]1([O-])Oc2ccccc2CN1c1ccc(F)c(Cl)c1)n1cccn1. The van der Waals surface area contributed by atoms with Gasteiger partial charge in [-0.05, 0) is 30.3 Å². The van der Waals surface area contributed by atoms with Gasteiger partial charge in [-0.3, -0.25) is 0 Å². The van der Waals surface area contributed by atoms with E-state index in [1.165, 1.54) is 29.2 Å². The Labute approximate surface area is 159 Å². The fourth-order valence-corrected chi connectivity index (χ4v) is 4.69. The van der Waals surface area contributed by atoms with Crippen LogP contribution >= 0.6 is 19.6 Å². The van der Waals surface area contributed by atoms with Gasteiger partial charge in [0.15, 0.2) is 5.75 Å². The van der Waals surface area contributed by atoms with Gasteiger partial charge in [0.2, 0.25) is 0 Å². The van der Waals surface area contributed by atoms with Crippen molar-refractivity contribution in [1.29, 1.82) is 0 Å². The standard InChI is InChI=1S/C17H13ClFN4O3P/c18-14-10-13(6-7-15(14)19)23-11-12-4-1-2-5-16(12)26-27(23,25)21-17(24)22-9-3-8-20-22/h1-10H,11H2,(H,21,24,25). The first kappa shape index (κ1) is 17.7. The monoisotopic (exact) mass is 406 g/mol. The van der Waals surface area contributed by atoms with Crippen LogP contribution in [-0.2, 0) is 6.54 Å². The average Bonchev–Trinajstić information content (AvgIpc) is 3.18. The molecule has 0 fully saturated rings. The number of para-hydroxylation sites is 1. The lowest BCUT2D eigenvalue weighted by Crippen LogP contribution is -2.48. The van der Waals surface area contributed by atoms with Crippen molar-refractivity contribution in [3.63, 3.8) is 0 Å². The molecular weight excluding hydrogens is 394 g/mol. The Morgan fingerprint density at radius 2 is 2.11 bits per heavy atom. The molecule has 27 heavy (non-hydrogen) atoms. The van der Waals surface area contributed by atoms with Crippen molar-refractivity contribution >= 4 is 31.3 Å². The lowest BCUT2D eigenvalue weighted by Gasteiger charge is -2.41. The molecule has 2 heterocycles. The predicted molar refractivity (Wildman–Crippen MR) is 97.7 cm³/mol. The summed E-state index contributed by atoms with van der Waals surface area (Å²) in [5, 5.41) is 6.10. The van der Waals surface area contributed by atoms with Crippen LogP contribution in [0.3, 0.4) is 0 Å². The second-order valence-electron chi connectivity index (χ2n) is 5.74. The van der Waals surface area contributed by atoms with Gasteiger partial charge in [0, 0.05) is 18.0 Å². The van der Waals surface area contributed by atoms with Gasteiger partial charge >= 0.3 is 14.0 Å². The van der Waals surface area contributed by atoms with E-state index in [-0.39, 0.29) is 11.6 Å². The van der Waals surface area contributed by atoms with E-state index in [9.17, 15) is 14.1 Å². The van der Waals surface area contributed by atoms with E-state index in [0.717, 1.165) is 16.3 Å². The van der Waals surface area contributed by atoms with Gasteiger partial charge in [-0.25, -0.2) is 9.18 Å². The number of nitrogens with zero attached hydrogens (tertiary/aromatic N) is 3. The summed E-state index contributed by atoms with van der Waals surface area (Å²) in [4.78, 5) is 26.0. The van der Waals surface area contributed by atoms with E-state index < -0.39 is 19.9 Å². The van der Waals surface area contributed by atoms with Gasteiger partial charge < -0.3 is 9.42 Å². The van der Waals surface area contributed by atoms with Crippen LogP contribution in [0.25, 0.3) is 0 Å². The maximum atomic E-state index is 13.6. The highest BCUT2D eigenvalue weighted by Gasteiger charge is 2.46. The largest absolute Gasteiger partial charge is 0.610 e. The number of amides is 1. The second-order valence-corrected chi connectivity index (χ2v) is 8.08. The van der Waals surface area contributed by atoms with Gasteiger partial charge in [-0.2, -0.15) is 19.5 Å². The maximum absolute atomic E-state index is 13.6. The minimum atomic E-state index is -3.92. The average molecular weight is 407 g/mol. The first-order valence-corrected chi connectivity index (χ1v) is 9.85. The number of carbonyl (C=O) groups is 1. The van der Waals surface area contributed by atoms with Gasteiger partial charge in [0.25, 0.3) is 0 Å². The molecule has 2 aromatic carbocycles. The van der Waals surface area contributed by atoms with Crippen LogP contribution in [-0.4, -0.2) is 15.8 Å². The third-order valence-corrected chi connectivity index (χ3v) is 6.20. The third-order valence-electron chi connectivity index (χ3n) is 3.98. The molecule has 1 atom stereocenters. The molecule has 1 N–H and O–H groups in total. The number of carbonyl (C=O) groups excluding carboxylic acids is 1. The summed E-state index contributed by atoms with van der Waals surface area (Å²) >= 11 is 5.88. The van der Waals surface area contributed by atoms with Crippen LogP contribution in [0.2, 0.25) is 5.02 Å². The zero-order valence-corrected chi connectivity index (χ0v) is 15.4. The van der Waals surface area contributed by atoms with E-state index in [2.05, 4.69) is 10.2 Å². The number of nitrogens with one attached hydrogen (secondary N) is 1. The first-order chi connectivity index (χ1) is 13.0. The zero-order valence-electron chi connectivity index (χ0n) is 13.8. The Kier molecular flexibility index (Phi) is 4.47. The summed E-state index contributed by atoms with van der Waals surface area (Å²) < 4.78 is 21.6. The molecule has 1 amide bonds. The molecule has 0 saturated carbocycles. The molecule has 0 aliphatic carbocycles. The summed E-state index contributed by atoms with van der Waals surface area (Å²) in [5.74, 6) is -0.208. The molecule has 1 aliphatic rings. The lowest BCUT2D eigenvalue weighted by atomic mass is 10.2. The highest BCUT2D eigenvalue weighted by molar-refractivity contribution is 7.65. The van der Waals surface area contributed by atoms with E-state index in [0.29, 0.717) is 11.4 Å². The molecule has 4 rings (SSSR count). The van der Waals surface area contributed by atoms with Crippen LogP contribution in [0.5, 0.6) is 5.75 Å². The van der Waals surface area contributed by atoms with Crippen LogP contribution < -0.4 is 19.2 Å². The molecule has 1 aromatic heterocycles. The smallest absolute Gasteiger partial charge is 0.378 e. The fraction of sp³-hybridized carbons (Fsp3) is 0.0588. The number of fused-ring (bicyclic) bond motifs is 1. The third kappa shape index (κ3) is 3.35. The molecule has 1 unspecified atom stereocenters. The number of rotatable bonds is 2. The Hall–Kier alpha value is -2.67. The van der Waals surface area contributed by atoms with E-state index in [1.807, 2.05) is 12.1 Å². The van der Waals surface area contributed by atoms with Gasteiger partial charge in [-0.15, -0.1) is 0 Å². The lowest BCUT2D eigenvalue weighted by molar-refractivity contribution is -0.189. The van der Waals surface area contributed by atoms with Gasteiger partial charge in [-0.1, -0.05) is 29.8 Å². The highest BCUT2D eigenvalue weighted by Crippen LogP contribution is 2.57. The quantitative estimate of drug-likeness (QED) is 0.660. The number of benzene rings is 2. The molecule has 3 aromatic rings. The molecular formula is C17H13ClFN4O3P. The van der Waals surface area contributed by atoms with Crippen molar-refractivity contribution < 1.29 is 18.6 Å². The molecule has 0 bridgehead atoms. The molecule has 0 spiro atoms. The molecule has 0 saturated heterocycles. The number of halogens is 2. The van der Waals surface area contributed by atoms with Crippen LogP contribution in [0, 0.1) is 5.82 Å². The molecule has 1 aliphatic heterocycles. The van der Waals surface area contributed by atoms with Crippen molar-refractivity contribution in [3.8, 4) is 5.75 Å². The molecule has 10 heteroatoms. The van der Waals surface area contributed by atoms with Crippen molar-refractivity contribution in [2.45, 2.75) is 6.54 Å². The summed E-state index contributed by atoms with van der Waals surface area (Å²) in [7, 11) is -3.92. The Morgan fingerprint density at radius 1 is 1.30 bits per heavy atom. The number of hydrogen-bond acceptors (Lipinski definition) is 5. The predicted octanol–water partition coefficient (Wildman–Crippen LogP) is 3.37. The van der Waals surface area contributed by atoms with Crippen molar-refractivity contribution in [1.82, 2.24) is 14.9 Å². The van der Waals surface area contributed by atoms with Gasteiger partial charge in [0.1, 0.15) is 5.82 Å². The minimum Gasteiger partial charge on any atom is -0.610 e. The van der Waals surface area contributed by atoms with E-state index >= 15 is 0 Å². The normalized spacial score (nSPS) is 18.6.